The number of likely N-dealkylation sites (N-methyl/N-ethyl adjacent to an activating group) is 1. The second-order valence-corrected chi connectivity index (χ2v) is 16.4. The van der Waals surface area contributed by atoms with Crippen molar-refractivity contribution in [1.82, 2.24) is 5.32 Å². The minimum atomic E-state index is -4.57. The largest absolute Gasteiger partial charge is 0.756 e. The van der Waals surface area contributed by atoms with Crippen molar-refractivity contribution in [2.24, 2.45) is 0 Å². The molecule has 290 valence electrons. The summed E-state index contributed by atoms with van der Waals surface area (Å²) in [7, 11) is 1.27. The minimum absolute atomic E-state index is 0.00345. The summed E-state index contributed by atoms with van der Waals surface area (Å²) in [6.07, 6.45) is 36.2. The van der Waals surface area contributed by atoms with Gasteiger partial charge in [-0.05, 0) is 32.1 Å². The molecule has 0 spiro atoms. The number of carbonyl (C=O) groups excluding carboxylic acids is 1. The van der Waals surface area contributed by atoms with Crippen LogP contribution in [0.3, 0.4) is 0 Å². The number of rotatable bonds is 36. The number of carbonyl (C=O) groups is 1. The molecule has 0 saturated heterocycles. The summed E-state index contributed by atoms with van der Waals surface area (Å²) in [6.45, 7) is 4.65. The first-order valence-corrected chi connectivity index (χ1v) is 21.6. The maximum atomic E-state index is 12.8. The average molecular weight is 715 g/mol. The van der Waals surface area contributed by atoms with Gasteiger partial charge in [0.1, 0.15) is 13.2 Å². The van der Waals surface area contributed by atoms with Crippen LogP contribution in [0, 0.1) is 0 Å². The molecule has 0 radical (unpaired) electrons. The van der Waals surface area contributed by atoms with Gasteiger partial charge in [-0.15, -0.1) is 0 Å². The van der Waals surface area contributed by atoms with E-state index in [0.717, 1.165) is 32.1 Å². The fraction of sp³-hybridized carbons (Fsp3) is 0.875. The lowest BCUT2D eigenvalue weighted by atomic mass is 10.0. The topological polar surface area (TPSA) is 108 Å². The van der Waals surface area contributed by atoms with Crippen molar-refractivity contribution in [3.8, 4) is 0 Å². The van der Waals surface area contributed by atoms with Crippen LogP contribution in [0.4, 0.5) is 0 Å². The number of aliphatic hydroxyl groups excluding tert-OH is 1. The van der Waals surface area contributed by atoms with E-state index in [1.165, 1.54) is 109 Å². The summed E-state index contributed by atoms with van der Waals surface area (Å²) in [4.78, 5) is 25.2. The van der Waals surface area contributed by atoms with Crippen LogP contribution in [0.1, 0.15) is 174 Å². The van der Waals surface area contributed by atoms with Crippen molar-refractivity contribution in [1.29, 1.82) is 0 Å². The number of unbranched alkanes of at least 4 members (excludes halogenated alkanes) is 19. The van der Waals surface area contributed by atoms with Crippen LogP contribution in [-0.2, 0) is 18.4 Å². The standard InChI is InChI=1S/C40H79N2O6P/c1-6-8-10-12-14-16-18-20-22-23-25-27-29-31-33-39(43)38(37-48-49(45,46)47-36-35-42(3,4)5)41-40(44)34-32-30-28-26-24-21-19-17-15-13-11-9-7-2/h21,24,28,30,38-39,43H,6-20,22-23,25-27,29,31-37H2,1-5H3,(H-,41,44,45,46)/b24-21-,30-28-. The van der Waals surface area contributed by atoms with Gasteiger partial charge >= 0.3 is 0 Å². The second kappa shape index (κ2) is 32.9. The number of hydrogen-bond acceptors (Lipinski definition) is 6. The summed E-state index contributed by atoms with van der Waals surface area (Å²) in [6, 6.07) is -0.826. The molecule has 1 amide bonds. The third kappa shape index (κ3) is 35.2. The van der Waals surface area contributed by atoms with Gasteiger partial charge in [0.05, 0.1) is 39.9 Å². The second-order valence-electron chi connectivity index (χ2n) is 15.0. The molecule has 0 aliphatic heterocycles. The lowest BCUT2D eigenvalue weighted by Crippen LogP contribution is -2.46. The van der Waals surface area contributed by atoms with Crippen LogP contribution in [0.15, 0.2) is 24.3 Å². The van der Waals surface area contributed by atoms with Crippen molar-refractivity contribution in [2.75, 3.05) is 40.9 Å². The van der Waals surface area contributed by atoms with Gasteiger partial charge in [-0.3, -0.25) is 9.36 Å². The van der Waals surface area contributed by atoms with Crippen molar-refractivity contribution in [3.63, 3.8) is 0 Å². The van der Waals surface area contributed by atoms with Crippen LogP contribution >= 0.6 is 7.82 Å². The molecule has 0 aliphatic carbocycles. The number of phosphoric acid groups is 1. The Morgan fingerprint density at radius 2 is 1.18 bits per heavy atom. The van der Waals surface area contributed by atoms with Gasteiger partial charge in [0.2, 0.25) is 5.91 Å². The fourth-order valence-corrected chi connectivity index (χ4v) is 6.40. The predicted octanol–water partition coefficient (Wildman–Crippen LogP) is 9.94. The van der Waals surface area contributed by atoms with E-state index in [4.69, 9.17) is 9.05 Å². The summed E-state index contributed by atoms with van der Waals surface area (Å²) in [5.74, 6) is -0.233. The Bertz CT molecular complexity index is 860. The third-order valence-corrected chi connectivity index (χ3v) is 9.92. The number of nitrogens with one attached hydrogen (secondary N) is 1. The molecular weight excluding hydrogens is 635 g/mol. The molecule has 9 heteroatoms. The van der Waals surface area contributed by atoms with E-state index in [0.29, 0.717) is 23.9 Å². The Hall–Kier alpha value is -1.02. The van der Waals surface area contributed by atoms with E-state index < -0.39 is 20.0 Å². The molecule has 2 N–H and O–H groups in total. The molecule has 0 fully saturated rings. The fourth-order valence-electron chi connectivity index (χ4n) is 5.68. The average Bonchev–Trinajstić information content (AvgIpc) is 3.04. The van der Waals surface area contributed by atoms with Crippen LogP contribution in [0.25, 0.3) is 0 Å². The molecule has 0 aliphatic rings. The quantitative estimate of drug-likeness (QED) is 0.0290. The molecule has 3 atom stereocenters. The molecule has 0 aromatic heterocycles. The maximum Gasteiger partial charge on any atom is 0.268 e. The van der Waals surface area contributed by atoms with Gasteiger partial charge in [0, 0.05) is 6.42 Å². The molecule has 0 saturated carbocycles. The van der Waals surface area contributed by atoms with Crippen LogP contribution < -0.4 is 10.2 Å². The number of phosphoric ester groups is 1. The number of quaternary nitrogens is 1. The molecule has 0 heterocycles. The SMILES string of the molecule is CCCCCCCC/C=C\C/C=C\CCC(=O)NC(COP(=O)([O-])OCC[N+](C)(C)C)C(O)CCCCCCCCCCCCCCCC. The van der Waals surface area contributed by atoms with Crippen LogP contribution in [-0.4, -0.2) is 68.5 Å². The smallest absolute Gasteiger partial charge is 0.268 e. The Kier molecular flexibility index (Phi) is 32.2. The van der Waals surface area contributed by atoms with Crippen molar-refractivity contribution in [3.05, 3.63) is 24.3 Å². The highest BCUT2D eigenvalue weighted by Crippen LogP contribution is 2.38. The van der Waals surface area contributed by atoms with Gasteiger partial charge < -0.3 is 28.8 Å². The summed E-state index contributed by atoms with van der Waals surface area (Å²) >= 11 is 0. The van der Waals surface area contributed by atoms with E-state index in [-0.39, 0.29) is 25.5 Å². The molecule has 0 aromatic carbocycles. The molecular formula is C40H79N2O6P. The van der Waals surface area contributed by atoms with E-state index in [1.807, 2.05) is 27.2 Å². The lowest BCUT2D eigenvalue weighted by molar-refractivity contribution is -0.870. The monoisotopic (exact) mass is 715 g/mol. The Balaban J connectivity index is 4.52. The highest BCUT2D eigenvalue weighted by atomic mass is 31.2. The Labute approximate surface area is 303 Å². The van der Waals surface area contributed by atoms with Crippen LogP contribution in [0.5, 0.6) is 0 Å². The highest BCUT2D eigenvalue weighted by molar-refractivity contribution is 7.45. The van der Waals surface area contributed by atoms with Crippen molar-refractivity contribution >= 4 is 13.7 Å². The highest BCUT2D eigenvalue weighted by Gasteiger charge is 2.24. The summed E-state index contributed by atoms with van der Waals surface area (Å²) in [5.41, 5.74) is 0. The Morgan fingerprint density at radius 1 is 0.714 bits per heavy atom. The van der Waals surface area contributed by atoms with Crippen molar-refractivity contribution in [2.45, 2.75) is 187 Å². The normalized spacial score (nSPS) is 14.8. The minimum Gasteiger partial charge on any atom is -0.756 e. The first kappa shape index (κ1) is 48.0. The van der Waals surface area contributed by atoms with Crippen LogP contribution in [0.2, 0.25) is 0 Å². The molecule has 8 nitrogen and oxygen atoms in total. The predicted molar refractivity (Wildman–Crippen MR) is 205 cm³/mol. The maximum absolute atomic E-state index is 12.8. The zero-order chi connectivity index (χ0) is 36.5. The summed E-state index contributed by atoms with van der Waals surface area (Å²) < 4.78 is 23.1. The molecule has 49 heavy (non-hydrogen) atoms. The first-order valence-electron chi connectivity index (χ1n) is 20.2. The van der Waals surface area contributed by atoms with Gasteiger partial charge in [-0.25, -0.2) is 0 Å². The zero-order valence-corrected chi connectivity index (χ0v) is 33.5. The third-order valence-electron chi connectivity index (χ3n) is 8.96. The van der Waals surface area contributed by atoms with Gasteiger partial charge in [0.15, 0.2) is 0 Å². The number of hydrogen-bond donors (Lipinski definition) is 2. The number of amides is 1. The summed E-state index contributed by atoms with van der Waals surface area (Å²) in [5, 5.41) is 13.8. The van der Waals surface area contributed by atoms with E-state index in [9.17, 15) is 19.4 Å². The van der Waals surface area contributed by atoms with E-state index >= 15 is 0 Å². The number of aliphatic hydroxyl groups is 1. The van der Waals surface area contributed by atoms with E-state index in [1.54, 1.807) is 0 Å². The molecule has 0 rings (SSSR count). The van der Waals surface area contributed by atoms with Gasteiger partial charge in [0.25, 0.3) is 7.82 Å². The number of allylic oxidation sites excluding steroid dienone is 4. The van der Waals surface area contributed by atoms with Gasteiger partial charge in [-0.1, -0.05) is 160 Å². The zero-order valence-electron chi connectivity index (χ0n) is 32.6. The molecule has 0 bridgehead atoms. The number of nitrogens with zero attached hydrogens (tertiary/aromatic N) is 1. The Morgan fingerprint density at radius 3 is 1.69 bits per heavy atom. The van der Waals surface area contributed by atoms with Crippen molar-refractivity contribution < 1.29 is 32.9 Å². The van der Waals surface area contributed by atoms with E-state index in [2.05, 4.69) is 37.4 Å². The molecule has 0 aromatic rings. The van der Waals surface area contributed by atoms with Gasteiger partial charge in [-0.2, -0.15) is 0 Å². The molecule has 3 unspecified atom stereocenters. The lowest BCUT2D eigenvalue weighted by Gasteiger charge is -2.30. The first-order chi connectivity index (χ1) is 23.5.